The summed E-state index contributed by atoms with van der Waals surface area (Å²) in [6, 6.07) is 5.78. The Labute approximate surface area is 88.5 Å². The molecule has 0 radical (unpaired) electrons. The highest BCUT2D eigenvalue weighted by molar-refractivity contribution is 6.18. The molecule has 1 unspecified atom stereocenters. The van der Waals surface area contributed by atoms with Crippen LogP contribution in [0.15, 0.2) is 18.2 Å². The largest absolute Gasteiger partial charge is 0.493 e. The van der Waals surface area contributed by atoms with Crippen molar-refractivity contribution in [2.45, 2.75) is 18.9 Å². The van der Waals surface area contributed by atoms with E-state index in [-0.39, 0.29) is 5.88 Å². The molecule has 0 amide bonds. The Morgan fingerprint density at radius 3 is 3.14 bits per heavy atom. The maximum atomic E-state index is 9.56. The lowest BCUT2D eigenvalue weighted by molar-refractivity contribution is 0.202. The number of aliphatic hydroxyl groups excluding tert-OH is 1. The summed E-state index contributed by atoms with van der Waals surface area (Å²) in [7, 11) is 0. The third-order valence-electron chi connectivity index (χ3n) is 2.46. The van der Waals surface area contributed by atoms with Crippen LogP contribution in [0.2, 0.25) is 0 Å². The van der Waals surface area contributed by atoms with E-state index in [2.05, 4.69) is 0 Å². The molecule has 1 aromatic carbocycles. The third kappa shape index (κ3) is 1.86. The Hall–Kier alpha value is -0.730. The minimum atomic E-state index is -0.566. The van der Waals surface area contributed by atoms with Crippen molar-refractivity contribution >= 4 is 11.6 Å². The summed E-state index contributed by atoms with van der Waals surface area (Å²) in [5, 5.41) is 9.56. The van der Waals surface area contributed by atoms with E-state index < -0.39 is 6.10 Å². The number of rotatable bonds is 2. The van der Waals surface area contributed by atoms with Crippen LogP contribution in [0.4, 0.5) is 0 Å². The van der Waals surface area contributed by atoms with Gasteiger partial charge in [0, 0.05) is 0 Å². The Kier molecular flexibility index (Phi) is 2.94. The van der Waals surface area contributed by atoms with Crippen molar-refractivity contribution < 1.29 is 9.84 Å². The number of fused-ring (bicyclic) bond motifs is 1. The highest BCUT2D eigenvalue weighted by Gasteiger charge is 2.13. The van der Waals surface area contributed by atoms with Crippen molar-refractivity contribution in [2.24, 2.45) is 0 Å². The molecule has 3 heteroatoms. The molecular formula is C11H13ClO2. The molecule has 0 fully saturated rings. The minimum Gasteiger partial charge on any atom is -0.493 e. The standard InChI is InChI=1S/C11H13ClO2/c12-7-10(13)8-3-4-11-9(6-8)2-1-5-14-11/h3-4,6,10,13H,1-2,5,7H2. The number of hydrogen-bond donors (Lipinski definition) is 1. The zero-order chi connectivity index (χ0) is 9.97. The summed E-state index contributed by atoms with van der Waals surface area (Å²) < 4.78 is 5.48. The fourth-order valence-electron chi connectivity index (χ4n) is 1.68. The van der Waals surface area contributed by atoms with Crippen LogP contribution in [-0.4, -0.2) is 17.6 Å². The Morgan fingerprint density at radius 2 is 2.36 bits per heavy atom. The van der Waals surface area contributed by atoms with E-state index in [9.17, 15) is 5.11 Å². The van der Waals surface area contributed by atoms with Crippen LogP contribution < -0.4 is 4.74 Å². The van der Waals surface area contributed by atoms with E-state index >= 15 is 0 Å². The highest BCUT2D eigenvalue weighted by Crippen LogP contribution is 2.27. The summed E-state index contributed by atoms with van der Waals surface area (Å²) >= 11 is 5.59. The molecule has 0 aliphatic carbocycles. The molecule has 1 aliphatic heterocycles. The van der Waals surface area contributed by atoms with Crippen LogP contribution in [0.25, 0.3) is 0 Å². The van der Waals surface area contributed by atoms with Crippen LogP contribution >= 0.6 is 11.6 Å². The van der Waals surface area contributed by atoms with Gasteiger partial charge >= 0.3 is 0 Å². The number of aliphatic hydroxyl groups is 1. The lowest BCUT2D eigenvalue weighted by Crippen LogP contribution is -2.09. The molecule has 0 spiro atoms. The molecule has 1 heterocycles. The molecule has 0 saturated carbocycles. The van der Waals surface area contributed by atoms with Gasteiger partial charge in [-0.05, 0) is 36.1 Å². The van der Waals surface area contributed by atoms with Gasteiger partial charge in [-0.15, -0.1) is 11.6 Å². The maximum absolute atomic E-state index is 9.56. The zero-order valence-corrected chi connectivity index (χ0v) is 8.63. The second-order valence-electron chi connectivity index (χ2n) is 3.49. The number of aryl methyl sites for hydroxylation is 1. The van der Waals surface area contributed by atoms with Crippen LogP contribution in [0, 0.1) is 0 Å². The zero-order valence-electron chi connectivity index (χ0n) is 7.87. The van der Waals surface area contributed by atoms with E-state index in [0.29, 0.717) is 0 Å². The number of halogens is 1. The first kappa shape index (κ1) is 9.81. The SMILES string of the molecule is OC(CCl)c1ccc2c(c1)CCCO2. The summed E-state index contributed by atoms with van der Waals surface area (Å²) in [5.41, 5.74) is 2.06. The van der Waals surface area contributed by atoms with Crippen LogP contribution in [0.1, 0.15) is 23.7 Å². The summed E-state index contributed by atoms with van der Waals surface area (Å²) in [6.45, 7) is 0.796. The van der Waals surface area contributed by atoms with E-state index in [1.54, 1.807) is 0 Å². The van der Waals surface area contributed by atoms with Gasteiger partial charge in [0.2, 0.25) is 0 Å². The second-order valence-corrected chi connectivity index (χ2v) is 3.80. The number of ether oxygens (including phenoxy) is 1. The van der Waals surface area contributed by atoms with Crippen molar-refractivity contribution in [3.8, 4) is 5.75 Å². The number of benzene rings is 1. The molecule has 1 atom stereocenters. The predicted octanol–water partition coefficient (Wildman–Crippen LogP) is 2.28. The second kappa shape index (κ2) is 4.20. The lowest BCUT2D eigenvalue weighted by atomic mass is 10.0. The van der Waals surface area contributed by atoms with Crippen LogP contribution in [-0.2, 0) is 6.42 Å². The molecule has 14 heavy (non-hydrogen) atoms. The summed E-state index contributed by atoms with van der Waals surface area (Å²) in [5.74, 6) is 1.18. The minimum absolute atomic E-state index is 0.236. The van der Waals surface area contributed by atoms with Gasteiger partial charge in [0.25, 0.3) is 0 Å². The van der Waals surface area contributed by atoms with Gasteiger partial charge in [-0.25, -0.2) is 0 Å². The first-order chi connectivity index (χ1) is 6.81. The number of hydrogen-bond acceptors (Lipinski definition) is 2. The van der Waals surface area contributed by atoms with Crippen molar-refractivity contribution in [1.82, 2.24) is 0 Å². The van der Waals surface area contributed by atoms with E-state index in [4.69, 9.17) is 16.3 Å². The molecule has 0 aromatic heterocycles. The fourth-order valence-corrected chi connectivity index (χ4v) is 1.85. The predicted molar refractivity (Wildman–Crippen MR) is 55.9 cm³/mol. The van der Waals surface area contributed by atoms with Crippen molar-refractivity contribution in [1.29, 1.82) is 0 Å². The topological polar surface area (TPSA) is 29.5 Å². The van der Waals surface area contributed by atoms with Gasteiger partial charge in [0.1, 0.15) is 5.75 Å². The highest BCUT2D eigenvalue weighted by atomic mass is 35.5. The van der Waals surface area contributed by atoms with E-state index in [1.807, 2.05) is 18.2 Å². The quantitative estimate of drug-likeness (QED) is 0.763. The molecule has 2 rings (SSSR count). The molecule has 2 nitrogen and oxygen atoms in total. The first-order valence-corrected chi connectivity index (χ1v) is 5.34. The molecular weight excluding hydrogens is 200 g/mol. The normalized spacial score (nSPS) is 17.0. The smallest absolute Gasteiger partial charge is 0.122 e. The van der Waals surface area contributed by atoms with Gasteiger partial charge in [0.05, 0.1) is 18.6 Å². The Morgan fingerprint density at radius 1 is 1.50 bits per heavy atom. The van der Waals surface area contributed by atoms with Gasteiger partial charge in [0.15, 0.2) is 0 Å². The van der Waals surface area contributed by atoms with Gasteiger partial charge in [-0.2, -0.15) is 0 Å². The summed E-state index contributed by atoms with van der Waals surface area (Å²) in [4.78, 5) is 0. The average molecular weight is 213 g/mol. The van der Waals surface area contributed by atoms with Gasteiger partial charge < -0.3 is 9.84 Å². The average Bonchev–Trinajstić information content (AvgIpc) is 2.27. The van der Waals surface area contributed by atoms with E-state index in [0.717, 1.165) is 30.8 Å². The van der Waals surface area contributed by atoms with Gasteiger partial charge in [-0.1, -0.05) is 6.07 Å². The van der Waals surface area contributed by atoms with Crippen molar-refractivity contribution in [3.63, 3.8) is 0 Å². The number of alkyl halides is 1. The molecule has 1 aromatic rings. The summed E-state index contributed by atoms with van der Waals surface area (Å²) in [6.07, 6.45) is 1.51. The lowest BCUT2D eigenvalue weighted by Gasteiger charge is -2.18. The van der Waals surface area contributed by atoms with E-state index in [1.165, 1.54) is 5.56 Å². The molecule has 0 bridgehead atoms. The Bertz CT molecular complexity index is 325. The molecule has 76 valence electrons. The van der Waals surface area contributed by atoms with Crippen LogP contribution in [0.5, 0.6) is 5.75 Å². The molecule has 1 N–H and O–H groups in total. The molecule has 0 saturated heterocycles. The monoisotopic (exact) mass is 212 g/mol. The fraction of sp³-hybridized carbons (Fsp3) is 0.455. The Balaban J connectivity index is 2.29. The third-order valence-corrected chi connectivity index (χ3v) is 2.76. The van der Waals surface area contributed by atoms with Crippen molar-refractivity contribution in [3.05, 3.63) is 29.3 Å². The van der Waals surface area contributed by atoms with Gasteiger partial charge in [-0.3, -0.25) is 0 Å². The maximum Gasteiger partial charge on any atom is 0.122 e. The first-order valence-electron chi connectivity index (χ1n) is 4.81. The van der Waals surface area contributed by atoms with Crippen LogP contribution in [0.3, 0.4) is 0 Å². The molecule has 1 aliphatic rings. The van der Waals surface area contributed by atoms with Crippen molar-refractivity contribution in [2.75, 3.05) is 12.5 Å².